The number of rotatable bonds is 2. The molecule has 21 heavy (non-hydrogen) atoms. The predicted octanol–water partition coefficient (Wildman–Crippen LogP) is 4.51. The highest BCUT2D eigenvalue weighted by atomic mass is 35.5. The van der Waals surface area contributed by atoms with Gasteiger partial charge in [0.15, 0.2) is 0 Å². The van der Waals surface area contributed by atoms with Crippen molar-refractivity contribution in [1.82, 2.24) is 9.97 Å². The molecule has 112 valence electrons. The first-order valence-electron chi connectivity index (χ1n) is 6.34. The molecule has 0 aliphatic carbocycles. The average molecular weight is 326 g/mol. The molecule has 0 saturated carbocycles. The molecule has 0 aliphatic rings. The maximum Gasteiger partial charge on any atom is 0.412 e. The minimum Gasteiger partial charge on any atom is -0.444 e. The van der Waals surface area contributed by atoms with Crippen molar-refractivity contribution in [3.63, 3.8) is 0 Å². The van der Waals surface area contributed by atoms with Gasteiger partial charge in [-0.05, 0) is 39.8 Å². The zero-order valence-corrected chi connectivity index (χ0v) is 13.8. The Morgan fingerprint density at radius 1 is 1.38 bits per heavy atom. The number of nitrogens with zero attached hydrogens (tertiary/aromatic N) is 2. The van der Waals surface area contributed by atoms with Crippen molar-refractivity contribution < 1.29 is 9.53 Å². The fourth-order valence-corrected chi connectivity index (χ4v) is 2.59. The molecule has 0 spiro atoms. The normalized spacial score (nSPS) is 11.3. The van der Waals surface area contributed by atoms with Gasteiger partial charge in [0, 0.05) is 11.8 Å². The number of anilines is 1. The van der Waals surface area contributed by atoms with Gasteiger partial charge >= 0.3 is 6.09 Å². The van der Waals surface area contributed by atoms with Crippen LogP contribution in [-0.2, 0) is 4.74 Å². The Labute approximate surface area is 132 Å². The van der Waals surface area contributed by atoms with Crippen LogP contribution in [0.15, 0.2) is 18.3 Å². The van der Waals surface area contributed by atoms with Gasteiger partial charge in [0.05, 0.1) is 5.69 Å². The first-order chi connectivity index (χ1) is 9.74. The Bertz CT molecular complexity index is 647. The highest BCUT2D eigenvalue weighted by molar-refractivity contribution is 7.19. The monoisotopic (exact) mass is 325 g/mol. The topological polar surface area (TPSA) is 64.1 Å². The Hall–Kier alpha value is -1.66. The second-order valence-corrected chi connectivity index (χ2v) is 6.82. The van der Waals surface area contributed by atoms with E-state index in [0.29, 0.717) is 10.2 Å². The second-order valence-electron chi connectivity index (χ2n) is 5.43. The number of ether oxygens (including phenoxy) is 1. The molecule has 1 N–H and O–H groups in total. The van der Waals surface area contributed by atoms with E-state index in [1.807, 2.05) is 33.8 Å². The van der Waals surface area contributed by atoms with E-state index in [-0.39, 0.29) is 0 Å². The van der Waals surface area contributed by atoms with Gasteiger partial charge in [0.2, 0.25) is 0 Å². The molecule has 1 amide bonds. The molecular formula is C14H16ClN3O2S. The lowest BCUT2D eigenvalue weighted by Gasteiger charge is -2.19. The van der Waals surface area contributed by atoms with Crippen LogP contribution in [0.2, 0.25) is 5.15 Å². The Balaban J connectivity index is 2.16. The summed E-state index contributed by atoms with van der Waals surface area (Å²) in [7, 11) is 0. The summed E-state index contributed by atoms with van der Waals surface area (Å²) in [4.78, 5) is 20.2. The van der Waals surface area contributed by atoms with Crippen molar-refractivity contribution in [3.05, 3.63) is 29.2 Å². The van der Waals surface area contributed by atoms with Crippen LogP contribution in [0.5, 0.6) is 0 Å². The highest BCUT2D eigenvalue weighted by Gasteiger charge is 2.18. The van der Waals surface area contributed by atoms with Gasteiger partial charge in [0.25, 0.3) is 0 Å². The Morgan fingerprint density at radius 3 is 2.67 bits per heavy atom. The maximum atomic E-state index is 11.8. The lowest BCUT2D eigenvalue weighted by molar-refractivity contribution is 0.0636. The molecule has 2 aromatic rings. The van der Waals surface area contributed by atoms with E-state index < -0.39 is 11.7 Å². The van der Waals surface area contributed by atoms with Gasteiger partial charge in [-0.15, -0.1) is 0 Å². The maximum absolute atomic E-state index is 11.8. The molecule has 5 nitrogen and oxygen atoms in total. The van der Waals surface area contributed by atoms with Crippen LogP contribution in [0, 0.1) is 6.92 Å². The fraction of sp³-hybridized carbons (Fsp3) is 0.357. The van der Waals surface area contributed by atoms with Crippen LogP contribution in [-0.4, -0.2) is 21.7 Å². The molecule has 2 heterocycles. The summed E-state index contributed by atoms with van der Waals surface area (Å²) in [5.41, 5.74) is 1.05. The van der Waals surface area contributed by atoms with Crippen LogP contribution in [0.3, 0.4) is 0 Å². The smallest absolute Gasteiger partial charge is 0.412 e. The summed E-state index contributed by atoms with van der Waals surface area (Å²) in [6.45, 7) is 7.28. The first-order valence-corrected chi connectivity index (χ1v) is 7.53. The minimum atomic E-state index is -0.536. The molecular weight excluding hydrogens is 310 g/mol. The number of aryl methyl sites for hydroxylation is 1. The van der Waals surface area contributed by atoms with E-state index in [4.69, 9.17) is 16.3 Å². The molecule has 0 radical (unpaired) electrons. The third-order valence-corrected chi connectivity index (χ3v) is 3.73. The number of nitrogens with one attached hydrogen (secondary N) is 1. The Morgan fingerprint density at radius 2 is 2.10 bits per heavy atom. The molecule has 0 aliphatic heterocycles. The molecule has 0 aromatic carbocycles. The Kier molecular flexibility index (Phi) is 4.49. The van der Waals surface area contributed by atoms with Gasteiger partial charge in [-0.25, -0.2) is 14.8 Å². The SMILES string of the molecule is Cc1nc(-c2ccc(Cl)nc2)sc1NC(=O)OC(C)(C)C. The predicted molar refractivity (Wildman–Crippen MR) is 84.9 cm³/mol. The lowest BCUT2D eigenvalue weighted by atomic mass is 10.2. The number of pyridine rings is 1. The number of hydrogen-bond acceptors (Lipinski definition) is 5. The van der Waals surface area contributed by atoms with Crippen molar-refractivity contribution in [3.8, 4) is 10.6 Å². The molecule has 0 fully saturated rings. The number of aromatic nitrogens is 2. The molecule has 0 atom stereocenters. The molecule has 0 bridgehead atoms. The van der Waals surface area contributed by atoms with Crippen LogP contribution in [0.25, 0.3) is 10.6 Å². The molecule has 7 heteroatoms. The summed E-state index contributed by atoms with van der Waals surface area (Å²) < 4.78 is 5.23. The molecule has 0 saturated heterocycles. The number of amides is 1. The van der Waals surface area contributed by atoms with Crippen LogP contribution in [0.4, 0.5) is 9.80 Å². The van der Waals surface area contributed by atoms with Crippen molar-refractivity contribution in [1.29, 1.82) is 0 Å². The summed E-state index contributed by atoms with van der Waals surface area (Å²) in [5.74, 6) is 0. The van der Waals surface area contributed by atoms with Crippen LogP contribution < -0.4 is 5.32 Å². The third kappa shape index (κ3) is 4.41. The van der Waals surface area contributed by atoms with Gasteiger partial charge in [-0.1, -0.05) is 22.9 Å². The van der Waals surface area contributed by atoms with Gasteiger partial charge in [-0.2, -0.15) is 0 Å². The van der Waals surface area contributed by atoms with E-state index in [0.717, 1.165) is 16.3 Å². The largest absolute Gasteiger partial charge is 0.444 e. The van der Waals surface area contributed by atoms with E-state index in [1.54, 1.807) is 12.3 Å². The van der Waals surface area contributed by atoms with Crippen LogP contribution in [0.1, 0.15) is 26.5 Å². The fourth-order valence-electron chi connectivity index (χ4n) is 1.53. The zero-order valence-electron chi connectivity index (χ0n) is 12.2. The number of halogens is 1. The summed E-state index contributed by atoms with van der Waals surface area (Å²) in [6, 6.07) is 3.54. The van der Waals surface area contributed by atoms with Crippen molar-refractivity contribution in [2.24, 2.45) is 0 Å². The first kappa shape index (κ1) is 15.7. The van der Waals surface area contributed by atoms with Crippen LogP contribution >= 0.6 is 22.9 Å². The second kappa shape index (κ2) is 5.99. The number of carbonyl (C=O) groups is 1. The van der Waals surface area contributed by atoms with E-state index in [1.165, 1.54) is 11.3 Å². The number of carbonyl (C=O) groups excluding carboxylic acids is 1. The molecule has 0 unspecified atom stereocenters. The van der Waals surface area contributed by atoms with E-state index in [9.17, 15) is 4.79 Å². The number of hydrogen-bond donors (Lipinski definition) is 1. The van der Waals surface area contributed by atoms with E-state index >= 15 is 0 Å². The van der Waals surface area contributed by atoms with Gasteiger partial charge < -0.3 is 4.74 Å². The molecule has 2 aromatic heterocycles. The molecule has 2 rings (SSSR count). The summed E-state index contributed by atoms with van der Waals surface area (Å²) in [6.07, 6.45) is 1.16. The lowest BCUT2D eigenvalue weighted by Crippen LogP contribution is -2.27. The van der Waals surface area contributed by atoms with Crippen molar-refractivity contribution in [2.45, 2.75) is 33.3 Å². The average Bonchev–Trinajstić information content (AvgIpc) is 2.69. The minimum absolute atomic E-state index is 0.430. The summed E-state index contributed by atoms with van der Waals surface area (Å²) in [5, 5.41) is 4.57. The standard InChI is InChI=1S/C14H16ClN3O2S/c1-8-11(18-13(19)20-14(2,3)4)21-12(17-8)9-5-6-10(15)16-7-9/h5-7H,1-4H3,(H,18,19). The third-order valence-electron chi connectivity index (χ3n) is 2.39. The van der Waals surface area contributed by atoms with Crippen molar-refractivity contribution >= 4 is 34.0 Å². The number of thiazole rings is 1. The quantitative estimate of drug-likeness (QED) is 0.825. The van der Waals surface area contributed by atoms with Gasteiger partial charge in [-0.3, -0.25) is 5.32 Å². The highest BCUT2D eigenvalue weighted by Crippen LogP contribution is 2.32. The van der Waals surface area contributed by atoms with Crippen molar-refractivity contribution in [2.75, 3.05) is 5.32 Å². The summed E-state index contributed by atoms with van der Waals surface area (Å²) >= 11 is 7.13. The zero-order chi connectivity index (χ0) is 15.6. The van der Waals surface area contributed by atoms with Gasteiger partial charge in [0.1, 0.15) is 20.8 Å². The van der Waals surface area contributed by atoms with E-state index in [2.05, 4.69) is 15.3 Å².